The lowest BCUT2D eigenvalue weighted by Crippen LogP contribution is -2.35. The first-order chi connectivity index (χ1) is 21.5. The first-order valence-corrected chi connectivity index (χ1v) is 17.0. The van der Waals surface area contributed by atoms with Gasteiger partial charge in [-0.1, -0.05) is 35.9 Å². The zero-order valence-corrected chi connectivity index (χ0v) is 27.2. The van der Waals surface area contributed by atoms with Crippen LogP contribution in [0.1, 0.15) is 76.2 Å². The van der Waals surface area contributed by atoms with Gasteiger partial charge in [-0.3, -0.25) is 4.79 Å². The number of aliphatic hydroxyl groups excluding tert-OH is 1. The van der Waals surface area contributed by atoms with Crippen molar-refractivity contribution in [1.29, 1.82) is 0 Å². The largest absolute Gasteiger partial charge is 0.471 e. The maximum Gasteiger partial charge on any atom is 0.256 e. The molecule has 3 N–H and O–H groups in total. The number of hydrogen-bond acceptors (Lipinski definition) is 8. The van der Waals surface area contributed by atoms with Crippen molar-refractivity contribution in [3.63, 3.8) is 0 Å². The summed E-state index contributed by atoms with van der Waals surface area (Å²) in [5, 5.41) is 15.8. The van der Waals surface area contributed by atoms with Gasteiger partial charge in [-0.25, -0.2) is 0 Å². The summed E-state index contributed by atoms with van der Waals surface area (Å²) in [7, 11) is 0. The Morgan fingerprint density at radius 2 is 1.75 bits per heavy atom. The third-order valence-electron chi connectivity index (χ3n) is 8.41. The van der Waals surface area contributed by atoms with Crippen LogP contribution in [0.5, 0.6) is 0 Å². The second-order valence-corrected chi connectivity index (χ2v) is 12.6. The molecule has 6 atom stereocenters. The highest BCUT2D eigenvalue weighted by atomic mass is 35.5. The number of carbonyl (C=O) groups excluding carboxylic acids is 1. The van der Waals surface area contributed by atoms with Crippen LogP contribution in [0.25, 0.3) is 0 Å². The molecule has 1 saturated carbocycles. The normalized spacial score (nSPS) is 27.3. The first-order valence-electron chi connectivity index (χ1n) is 16.2. The Kier molecular flexibility index (Phi) is 15.7. The quantitative estimate of drug-likeness (QED) is 0.123. The van der Waals surface area contributed by atoms with Crippen molar-refractivity contribution in [3.05, 3.63) is 47.0 Å². The number of halogens is 1. The van der Waals surface area contributed by atoms with Crippen LogP contribution in [-0.2, 0) is 35.0 Å². The monoisotopic (exact) mass is 652 g/mol. The van der Waals surface area contributed by atoms with Crippen LogP contribution in [0, 0.1) is 11.8 Å². The number of ether oxygens (including phenoxy) is 5. The van der Waals surface area contributed by atoms with E-state index in [-0.39, 0.29) is 49.1 Å². The summed E-state index contributed by atoms with van der Waals surface area (Å²) in [5.41, 5.74) is 1.02. The molecule has 2 heterocycles. The number of aliphatic hydroxyl groups is 1. The maximum absolute atomic E-state index is 11.9. The summed E-state index contributed by atoms with van der Waals surface area (Å²) in [6.07, 6.45) is 13.4. The summed E-state index contributed by atoms with van der Waals surface area (Å²) < 4.78 is 31.3. The zero-order chi connectivity index (χ0) is 31.0. The molecule has 1 aromatic carbocycles. The topological polar surface area (TPSA) is 108 Å². The standard InChI is InChI=1S/C33H49ClN2O7S/c34-25-11-9-10-24(20-25)22-36-33(44)41-23-27-26(12-3-1-2-4-13-30(38)35-16-17-37)28(42-31-14-5-7-18-39-31)21-29(27)43-32-15-6-8-19-40-32/h1,3,9-11,20,26-29,31-32,37H,2,4-8,12-19,21-23H2,(H,35,38)(H,36,44)/t26-,27-,28+,29-,31?,32?/m1/s1. The number of hydrogen-bond donors (Lipinski definition) is 3. The molecule has 2 unspecified atom stereocenters. The minimum atomic E-state index is -0.220. The molecule has 0 aromatic heterocycles. The molecule has 1 aromatic rings. The van der Waals surface area contributed by atoms with Crippen LogP contribution < -0.4 is 10.6 Å². The summed E-state index contributed by atoms with van der Waals surface area (Å²) in [5.74, 6) is 0.133. The van der Waals surface area contributed by atoms with Crippen molar-refractivity contribution < 1.29 is 33.6 Å². The minimum absolute atomic E-state index is 0.0359. The van der Waals surface area contributed by atoms with E-state index in [1.54, 1.807) is 0 Å². The van der Waals surface area contributed by atoms with Gasteiger partial charge >= 0.3 is 0 Å². The molecule has 2 aliphatic heterocycles. The molecule has 246 valence electrons. The summed E-state index contributed by atoms with van der Waals surface area (Å²) >= 11 is 11.7. The fourth-order valence-electron chi connectivity index (χ4n) is 6.11. The number of rotatable bonds is 16. The molecule has 0 radical (unpaired) electrons. The van der Waals surface area contributed by atoms with Gasteiger partial charge in [0.1, 0.15) is 0 Å². The third-order valence-corrected chi connectivity index (χ3v) is 8.91. The van der Waals surface area contributed by atoms with Crippen molar-refractivity contribution in [2.45, 2.75) is 102 Å². The van der Waals surface area contributed by atoms with Crippen LogP contribution in [0.15, 0.2) is 36.4 Å². The van der Waals surface area contributed by atoms with E-state index >= 15 is 0 Å². The fraction of sp³-hybridized carbons (Fsp3) is 0.697. The van der Waals surface area contributed by atoms with Gasteiger partial charge < -0.3 is 39.4 Å². The predicted octanol–water partition coefficient (Wildman–Crippen LogP) is 5.42. The highest BCUT2D eigenvalue weighted by Gasteiger charge is 2.46. The molecule has 1 amide bonds. The number of nitrogens with one attached hydrogen (secondary N) is 2. The van der Waals surface area contributed by atoms with E-state index in [9.17, 15) is 4.79 Å². The van der Waals surface area contributed by atoms with Crippen LogP contribution in [0.4, 0.5) is 0 Å². The van der Waals surface area contributed by atoms with E-state index in [2.05, 4.69) is 22.8 Å². The zero-order valence-electron chi connectivity index (χ0n) is 25.6. The smallest absolute Gasteiger partial charge is 0.256 e. The molecule has 44 heavy (non-hydrogen) atoms. The van der Waals surface area contributed by atoms with Crippen molar-refractivity contribution >= 4 is 34.9 Å². The number of thiocarbonyl (C=S) groups is 1. The second-order valence-electron chi connectivity index (χ2n) is 11.8. The summed E-state index contributed by atoms with van der Waals surface area (Å²) in [6.45, 7) is 2.61. The van der Waals surface area contributed by atoms with Crippen LogP contribution >= 0.6 is 23.8 Å². The Labute approximate surface area is 272 Å². The van der Waals surface area contributed by atoms with Crippen molar-refractivity contribution in [2.24, 2.45) is 11.8 Å². The number of unbranched alkanes of at least 4 members (excludes halogenated alkanes) is 1. The van der Waals surface area contributed by atoms with E-state index in [0.717, 1.165) is 83.0 Å². The predicted molar refractivity (Wildman–Crippen MR) is 173 cm³/mol. The lowest BCUT2D eigenvalue weighted by Gasteiger charge is -2.31. The van der Waals surface area contributed by atoms with E-state index < -0.39 is 0 Å². The highest BCUT2D eigenvalue weighted by molar-refractivity contribution is 7.80. The van der Waals surface area contributed by atoms with E-state index in [1.165, 1.54) is 0 Å². The Bertz CT molecular complexity index is 1040. The molecule has 2 saturated heterocycles. The molecule has 3 fully saturated rings. The van der Waals surface area contributed by atoms with E-state index in [1.807, 2.05) is 24.3 Å². The molecule has 9 nitrogen and oxygen atoms in total. The van der Waals surface area contributed by atoms with Gasteiger partial charge in [0.05, 0.1) is 25.4 Å². The van der Waals surface area contributed by atoms with Crippen LogP contribution in [0.2, 0.25) is 5.02 Å². The maximum atomic E-state index is 11.9. The highest BCUT2D eigenvalue weighted by Crippen LogP contribution is 2.41. The lowest BCUT2D eigenvalue weighted by atomic mass is 9.90. The van der Waals surface area contributed by atoms with Gasteiger partial charge in [-0.05, 0) is 93.6 Å². The lowest BCUT2D eigenvalue weighted by molar-refractivity contribution is -0.204. The summed E-state index contributed by atoms with van der Waals surface area (Å²) in [4.78, 5) is 11.9. The molecule has 11 heteroatoms. The SMILES string of the molecule is O=C(CCCC=CC[C@@H]1[C@@H](COC(=S)NCc2cccc(Cl)c2)[C@H](OC2CCCCO2)C[C@@H]1OC1CCCCO1)NCCO. The van der Waals surface area contributed by atoms with Crippen molar-refractivity contribution in [2.75, 3.05) is 33.0 Å². The van der Waals surface area contributed by atoms with Gasteiger partial charge in [0.25, 0.3) is 5.17 Å². The molecular formula is C33H49ClN2O7S. The van der Waals surface area contributed by atoms with Gasteiger partial charge in [0.2, 0.25) is 5.91 Å². The van der Waals surface area contributed by atoms with Crippen molar-refractivity contribution in [3.8, 4) is 0 Å². The first kappa shape index (κ1) is 35.1. The summed E-state index contributed by atoms with van der Waals surface area (Å²) in [6, 6.07) is 7.65. The number of allylic oxidation sites excluding steroid dienone is 2. The Morgan fingerprint density at radius 1 is 1.02 bits per heavy atom. The van der Waals surface area contributed by atoms with Gasteiger partial charge in [-0.2, -0.15) is 0 Å². The minimum Gasteiger partial charge on any atom is -0.471 e. The van der Waals surface area contributed by atoms with Gasteiger partial charge in [-0.15, -0.1) is 0 Å². The molecule has 1 aliphatic carbocycles. The Morgan fingerprint density at radius 3 is 2.41 bits per heavy atom. The molecule has 0 spiro atoms. The van der Waals surface area contributed by atoms with Gasteiger partial charge in [0, 0.05) is 50.1 Å². The third kappa shape index (κ3) is 12.2. The number of carbonyl (C=O) groups is 1. The second kappa shape index (κ2) is 19.7. The van der Waals surface area contributed by atoms with Crippen molar-refractivity contribution in [1.82, 2.24) is 10.6 Å². The fourth-order valence-corrected chi connectivity index (χ4v) is 6.46. The van der Waals surface area contributed by atoms with E-state index in [4.69, 9.17) is 52.6 Å². The van der Waals surface area contributed by atoms with Gasteiger partial charge in [0.15, 0.2) is 12.6 Å². The average molecular weight is 653 g/mol. The molecule has 3 aliphatic rings. The van der Waals surface area contributed by atoms with Crippen LogP contribution in [0.3, 0.4) is 0 Å². The van der Waals surface area contributed by atoms with E-state index in [0.29, 0.717) is 36.3 Å². The number of benzene rings is 1. The number of amides is 1. The Hall–Kier alpha value is -1.79. The average Bonchev–Trinajstić information content (AvgIpc) is 3.35. The molecule has 4 rings (SSSR count). The molecule has 0 bridgehead atoms. The Balaban J connectivity index is 1.39. The molecular weight excluding hydrogens is 604 g/mol. The van der Waals surface area contributed by atoms with Crippen LogP contribution in [-0.4, -0.2) is 73.9 Å².